The third-order valence-electron chi connectivity index (χ3n) is 3.66. The van der Waals surface area contributed by atoms with Gasteiger partial charge in [-0.25, -0.2) is 13.2 Å². The maximum atomic E-state index is 13.5. The van der Waals surface area contributed by atoms with E-state index in [0.29, 0.717) is 17.0 Å². The average molecular weight is 441 g/mol. The lowest BCUT2D eigenvalue weighted by atomic mass is 10.2. The van der Waals surface area contributed by atoms with Gasteiger partial charge in [0.2, 0.25) is 11.8 Å². The van der Waals surface area contributed by atoms with Crippen molar-refractivity contribution in [2.45, 2.75) is 5.16 Å². The number of thiophene rings is 1. The van der Waals surface area contributed by atoms with Crippen LogP contribution in [-0.2, 0) is 16.6 Å². The summed E-state index contributed by atoms with van der Waals surface area (Å²) < 4.78 is 41.3. The molecule has 0 aliphatic carbocycles. The van der Waals surface area contributed by atoms with Crippen LogP contribution in [0.25, 0.3) is 10.7 Å². The van der Waals surface area contributed by atoms with E-state index in [-0.39, 0.29) is 5.75 Å². The maximum Gasteiger partial charge on any atom is 0.243 e. The first-order valence-electron chi connectivity index (χ1n) is 8.13. The SMILES string of the molecule is Cn1c(SCC(=O)NCC(=O)Nc2ccc(F)c(F)c2F)nnc1-c1cccs1. The zero-order chi connectivity index (χ0) is 21.0. The predicted octanol–water partition coefficient (Wildman–Crippen LogP) is 2.81. The minimum absolute atomic E-state index is 0.0246. The van der Waals surface area contributed by atoms with E-state index in [9.17, 15) is 22.8 Å². The molecule has 0 unspecified atom stereocenters. The lowest BCUT2D eigenvalue weighted by Gasteiger charge is -2.08. The minimum Gasteiger partial charge on any atom is -0.346 e. The third-order valence-corrected chi connectivity index (χ3v) is 5.55. The summed E-state index contributed by atoms with van der Waals surface area (Å²) in [5.74, 6) is -5.16. The van der Waals surface area contributed by atoms with Crippen molar-refractivity contribution in [2.75, 3.05) is 17.6 Å². The van der Waals surface area contributed by atoms with Crippen molar-refractivity contribution in [3.05, 3.63) is 47.1 Å². The second-order valence-corrected chi connectivity index (χ2v) is 7.57. The molecular formula is C17H14F3N5O2S2. The van der Waals surface area contributed by atoms with Crippen molar-refractivity contribution in [1.29, 1.82) is 0 Å². The largest absolute Gasteiger partial charge is 0.346 e. The Labute approximate surface area is 171 Å². The maximum absolute atomic E-state index is 13.5. The number of rotatable bonds is 7. The number of carbonyl (C=O) groups excluding carboxylic acids is 2. The molecule has 0 fully saturated rings. The van der Waals surface area contributed by atoms with Crippen molar-refractivity contribution < 1.29 is 22.8 Å². The second-order valence-electron chi connectivity index (χ2n) is 5.68. The van der Waals surface area contributed by atoms with E-state index >= 15 is 0 Å². The molecule has 2 aromatic heterocycles. The Morgan fingerprint density at radius 2 is 1.93 bits per heavy atom. The smallest absolute Gasteiger partial charge is 0.243 e. The molecular weight excluding hydrogens is 427 g/mol. The number of thioether (sulfide) groups is 1. The van der Waals surface area contributed by atoms with Crippen LogP contribution in [0.3, 0.4) is 0 Å². The molecule has 152 valence electrons. The van der Waals surface area contributed by atoms with Gasteiger partial charge >= 0.3 is 0 Å². The molecule has 1 aromatic carbocycles. The zero-order valence-electron chi connectivity index (χ0n) is 14.9. The number of anilines is 1. The molecule has 12 heteroatoms. The summed E-state index contributed by atoms with van der Waals surface area (Å²) in [6, 6.07) is 5.38. The van der Waals surface area contributed by atoms with Crippen LogP contribution in [0.4, 0.5) is 18.9 Å². The number of halogens is 3. The summed E-state index contributed by atoms with van der Waals surface area (Å²) in [5.41, 5.74) is -0.516. The first-order valence-corrected chi connectivity index (χ1v) is 9.99. The molecule has 0 saturated carbocycles. The van der Waals surface area contributed by atoms with Crippen molar-refractivity contribution in [1.82, 2.24) is 20.1 Å². The summed E-state index contributed by atoms with van der Waals surface area (Å²) in [6.07, 6.45) is 0. The van der Waals surface area contributed by atoms with E-state index in [1.165, 1.54) is 11.3 Å². The minimum atomic E-state index is -1.69. The fourth-order valence-corrected chi connectivity index (χ4v) is 3.72. The fourth-order valence-electron chi connectivity index (χ4n) is 2.24. The van der Waals surface area contributed by atoms with Gasteiger partial charge < -0.3 is 15.2 Å². The van der Waals surface area contributed by atoms with Gasteiger partial charge in [0.25, 0.3) is 0 Å². The monoisotopic (exact) mass is 441 g/mol. The molecule has 3 rings (SSSR count). The predicted molar refractivity (Wildman–Crippen MR) is 103 cm³/mol. The van der Waals surface area contributed by atoms with Crippen molar-refractivity contribution >= 4 is 40.6 Å². The summed E-state index contributed by atoms with van der Waals surface area (Å²) in [6.45, 7) is -0.461. The van der Waals surface area contributed by atoms with E-state index < -0.39 is 41.5 Å². The highest BCUT2D eigenvalue weighted by Gasteiger charge is 2.16. The van der Waals surface area contributed by atoms with Gasteiger partial charge in [-0.1, -0.05) is 17.8 Å². The van der Waals surface area contributed by atoms with Crippen LogP contribution in [0.1, 0.15) is 0 Å². The van der Waals surface area contributed by atoms with Gasteiger partial charge in [-0.15, -0.1) is 21.5 Å². The Hall–Kier alpha value is -2.86. The Balaban J connectivity index is 1.48. The highest BCUT2D eigenvalue weighted by molar-refractivity contribution is 7.99. The van der Waals surface area contributed by atoms with Crippen molar-refractivity contribution in [3.8, 4) is 10.7 Å². The molecule has 0 spiro atoms. The topological polar surface area (TPSA) is 88.9 Å². The number of benzene rings is 1. The molecule has 0 aliphatic heterocycles. The van der Waals surface area contributed by atoms with Gasteiger partial charge in [-0.3, -0.25) is 9.59 Å². The molecule has 0 atom stereocenters. The zero-order valence-corrected chi connectivity index (χ0v) is 16.5. The van der Waals surface area contributed by atoms with E-state index in [2.05, 4.69) is 20.8 Å². The molecule has 0 radical (unpaired) electrons. The summed E-state index contributed by atoms with van der Waals surface area (Å²) in [7, 11) is 1.78. The molecule has 29 heavy (non-hydrogen) atoms. The average Bonchev–Trinajstić information content (AvgIpc) is 3.35. The number of hydrogen-bond donors (Lipinski definition) is 2. The van der Waals surface area contributed by atoms with E-state index in [1.807, 2.05) is 17.5 Å². The highest BCUT2D eigenvalue weighted by atomic mass is 32.2. The molecule has 0 saturated heterocycles. The van der Waals surface area contributed by atoms with Gasteiger partial charge in [-0.05, 0) is 23.6 Å². The number of nitrogens with zero attached hydrogens (tertiary/aromatic N) is 3. The van der Waals surface area contributed by atoms with E-state index in [0.717, 1.165) is 22.7 Å². The lowest BCUT2D eigenvalue weighted by Crippen LogP contribution is -2.34. The Morgan fingerprint density at radius 3 is 2.66 bits per heavy atom. The van der Waals surface area contributed by atoms with Gasteiger partial charge in [0, 0.05) is 7.05 Å². The highest BCUT2D eigenvalue weighted by Crippen LogP contribution is 2.25. The Kier molecular flexibility index (Phi) is 6.54. The molecule has 2 amide bonds. The van der Waals surface area contributed by atoms with Crippen LogP contribution < -0.4 is 10.6 Å². The van der Waals surface area contributed by atoms with E-state index in [1.54, 1.807) is 11.6 Å². The van der Waals surface area contributed by atoms with Crippen LogP contribution in [0.15, 0.2) is 34.8 Å². The van der Waals surface area contributed by atoms with Crippen LogP contribution in [-0.4, -0.2) is 38.9 Å². The molecule has 2 heterocycles. The third kappa shape index (κ3) is 4.95. The van der Waals surface area contributed by atoms with Crippen LogP contribution >= 0.6 is 23.1 Å². The van der Waals surface area contributed by atoms with Gasteiger partial charge in [-0.2, -0.15) is 0 Å². The first-order chi connectivity index (χ1) is 13.9. The second kappa shape index (κ2) is 9.09. The lowest BCUT2D eigenvalue weighted by molar-refractivity contribution is -0.122. The Bertz CT molecular complexity index is 1040. The van der Waals surface area contributed by atoms with E-state index in [4.69, 9.17) is 0 Å². The van der Waals surface area contributed by atoms with Gasteiger partial charge in [0.1, 0.15) is 0 Å². The van der Waals surface area contributed by atoms with Crippen LogP contribution in [0, 0.1) is 17.5 Å². The van der Waals surface area contributed by atoms with Crippen molar-refractivity contribution in [3.63, 3.8) is 0 Å². The molecule has 0 bridgehead atoms. The summed E-state index contributed by atoms with van der Waals surface area (Å²) >= 11 is 2.65. The normalized spacial score (nSPS) is 10.8. The standard InChI is InChI=1S/C17H14F3N5O2S2/c1-25-16(11-3-2-6-28-11)23-24-17(25)29-8-13(27)21-7-12(26)22-10-5-4-9(18)14(19)15(10)20/h2-6H,7-8H2,1H3,(H,21,27)(H,22,26). The summed E-state index contributed by atoms with van der Waals surface area (Å²) in [4.78, 5) is 24.7. The van der Waals surface area contributed by atoms with Crippen molar-refractivity contribution in [2.24, 2.45) is 7.05 Å². The number of nitrogens with one attached hydrogen (secondary N) is 2. The number of carbonyl (C=O) groups is 2. The van der Waals surface area contributed by atoms with Crippen LogP contribution in [0.2, 0.25) is 0 Å². The first kappa shape index (κ1) is 20.9. The quantitative estimate of drug-likeness (QED) is 0.435. The molecule has 0 aliphatic rings. The Morgan fingerprint density at radius 1 is 1.14 bits per heavy atom. The van der Waals surface area contributed by atoms with Gasteiger partial charge in [0.05, 0.1) is 22.9 Å². The molecule has 7 nitrogen and oxygen atoms in total. The number of hydrogen-bond acceptors (Lipinski definition) is 6. The molecule has 3 aromatic rings. The van der Waals surface area contributed by atoms with Gasteiger partial charge in [0.15, 0.2) is 28.4 Å². The fraction of sp³-hybridized carbons (Fsp3) is 0.176. The number of amides is 2. The molecule has 2 N–H and O–H groups in total. The van der Waals surface area contributed by atoms with Crippen LogP contribution in [0.5, 0.6) is 0 Å². The summed E-state index contributed by atoms with van der Waals surface area (Å²) in [5, 5.41) is 15.0. The number of aromatic nitrogens is 3.